The van der Waals surface area contributed by atoms with Crippen LogP contribution in [-0.2, 0) is 4.79 Å². The van der Waals surface area contributed by atoms with Crippen molar-refractivity contribution in [2.24, 2.45) is 0 Å². The molecule has 28 heavy (non-hydrogen) atoms. The van der Waals surface area contributed by atoms with Gasteiger partial charge < -0.3 is 10.3 Å². The highest BCUT2D eigenvalue weighted by Gasteiger charge is 2.37. The number of Topliss-reactive ketones (excluding diaryl/α,β-unsaturated/α-hetero) is 1. The van der Waals surface area contributed by atoms with Crippen molar-refractivity contribution in [3.63, 3.8) is 0 Å². The maximum Gasteiger partial charge on any atom is 0.257 e. The van der Waals surface area contributed by atoms with Crippen LogP contribution >= 0.6 is 11.8 Å². The molecule has 1 aliphatic carbocycles. The van der Waals surface area contributed by atoms with E-state index in [1.54, 1.807) is 12.1 Å². The number of nitrogens with zero attached hydrogens (tertiary/aromatic N) is 1. The van der Waals surface area contributed by atoms with Crippen LogP contribution in [0.4, 0.5) is 10.2 Å². The second kappa shape index (κ2) is 7.91. The van der Waals surface area contributed by atoms with Crippen molar-refractivity contribution in [1.82, 2.24) is 9.97 Å². The van der Waals surface area contributed by atoms with E-state index in [0.29, 0.717) is 34.1 Å². The van der Waals surface area contributed by atoms with Gasteiger partial charge in [-0.15, -0.1) is 0 Å². The van der Waals surface area contributed by atoms with Gasteiger partial charge in [0.15, 0.2) is 10.9 Å². The minimum absolute atomic E-state index is 0.00876. The minimum atomic E-state index is -0.597. The van der Waals surface area contributed by atoms with Crippen molar-refractivity contribution in [2.75, 3.05) is 11.1 Å². The number of benzene rings is 1. The monoisotopic (exact) mass is 399 g/mol. The third-order valence-corrected chi connectivity index (χ3v) is 6.11. The van der Waals surface area contributed by atoms with Crippen LogP contribution in [0.25, 0.3) is 0 Å². The molecule has 0 fully saturated rings. The molecule has 0 bridgehead atoms. The van der Waals surface area contributed by atoms with Crippen molar-refractivity contribution in [3.8, 4) is 0 Å². The highest BCUT2D eigenvalue weighted by molar-refractivity contribution is 7.99. The number of H-pyrrole nitrogens is 1. The zero-order valence-electron chi connectivity index (χ0n) is 15.7. The number of carbonyl (C=O) groups is 1. The summed E-state index contributed by atoms with van der Waals surface area (Å²) in [7, 11) is 0. The molecule has 0 saturated carbocycles. The van der Waals surface area contributed by atoms with E-state index in [1.807, 2.05) is 0 Å². The Labute approximate surface area is 166 Å². The topological polar surface area (TPSA) is 74.8 Å². The fourth-order valence-electron chi connectivity index (χ4n) is 3.84. The number of allylic oxidation sites excluding steroid dienone is 2. The van der Waals surface area contributed by atoms with Gasteiger partial charge in [0.25, 0.3) is 5.56 Å². The van der Waals surface area contributed by atoms with E-state index >= 15 is 0 Å². The lowest BCUT2D eigenvalue weighted by atomic mass is 9.76. The number of aromatic amines is 1. The molecule has 7 heteroatoms. The first kappa shape index (κ1) is 18.9. The molecule has 4 rings (SSSR count). The van der Waals surface area contributed by atoms with Crippen LogP contribution in [0.5, 0.6) is 0 Å². The molecule has 0 radical (unpaired) electrons. The van der Waals surface area contributed by atoms with Gasteiger partial charge in [-0.25, -0.2) is 9.37 Å². The zero-order valence-corrected chi connectivity index (χ0v) is 16.5. The summed E-state index contributed by atoms with van der Waals surface area (Å²) >= 11 is 1.51. The van der Waals surface area contributed by atoms with Crippen LogP contribution in [0.1, 0.15) is 56.1 Å². The molecular formula is C21H22FN3O2S. The first-order valence-corrected chi connectivity index (χ1v) is 10.6. The van der Waals surface area contributed by atoms with Gasteiger partial charge in [-0.05, 0) is 37.0 Å². The molecule has 0 spiro atoms. The largest absolute Gasteiger partial charge is 0.343 e. The molecule has 0 amide bonds. The summed E-state index contributed by atoms with van der Waals surface area (Å²) in [5.74, 6) is 0.373. The third kappa shape index (κ3) is 3.51. The van der Waals surface area contributed by atoms with Crippen LogP contribution in [0.3, 0.4) is 0 Å². The molecule has 1 aromatic heterocycles. The van der Waals surface area contributed by atoms with E-state index in [0.717, 1.165) is 37.1 Å². The van der Waals surface area contributed by atoms with E-state index in [2.05, 4.69) is 22.2 Å². The summed E-state index contributed by atoms with van der Waals surface area (Å²) in [6.45, 7) is 2.11. The van der Waals surface area contributed by atoms with E-state index < -0.39 is 5.92 Å². The van der Waals surface area contributed by atoms with Crippen molar-refractivity contribution < 1.29 is 9.18 Å². The number of anilines is 1. The molecule has 2 heterocycles. The van der Waals surface area contributed by atoms with E-state index in [-0.39, 0.29) is 17.2 Å². The second-order valence-corrected chi connectivity index (χ2v) is 8.20. The van der Waals surface area contributed by atoms with Crippen LogP contribution in [-0.4, -0.2) is 21.5 Å². The number of rotatable bonds is 5. The van der Waals surface area contributed by atoms with E-state index in [9.17, 15) is 14.0 Å². The van der Waals surface area contributed by atoms with Crippen molar-refractivity contribution >= 4 is 23.4 Å². The SMILES string of the molecule is CCCCSc1nc2c(c(=O)[nH]1)C(c1cccc(F)c1)C1=C(CCCC1=O)N2. The van der Waals surface area contributed by atoms with Crippen molar-refractivity contribution in [1.29, 1.82) is 0 Å². The van der Waals surface area contributed by atoms with Gasteiger partial charge >= 0.3 is 0 Å². The molecule has 5 nitrogen and oxygen atoms in total. The predicted molar refractivity (Wildman–Crippen MR) is 108 cm³/mol. The van der Waals surface area contributed by atoms with E-state index in [1.165, 1.54) is 23.9 Å². The first-order chi connectivity index (χ1) is 13.6. The maximum absolute atomic E-state index is 13.9. The Morgan fingerprint density at radius 3 is 2.93 bits per heavy atom. The Morgan fingerprint density at radius 1 is 1.29 bits per heavy atom. The van der Waals surface area contributed by atoms with Crippen LogP contribution < -0.4 is 10.9 Å². The fraction of sp³-hybridized carbons (Fsp3) is 0.381. The highest BCUT2D eigenvalue weighted by atomic mass is 32.2. The number of ketones is 1. The van der Waals surface area contributed by atoms with Gasteiger partial charge in [0.05, 0.1) is 5.56 Å². The van der Waals surface area contributed by atoms with Crippen LogP contribution in [0.15, 0.2) is 45.5 Å². The van der Waals surface area contributed by atoms with Gasteiger partial charge in [-0.2, -0.15) is 0 Å². The molecular weight excluding hydrogens is 377 g/mol. The lowest BCUT2D eigenvalue weighted by Crippen LogP contribution is -2.32. The number of nitrogens with one attached hydrogen (secondary N) is 2. The molecule has 0 saturated heterocycles. The lowest BCUT2D eigenvalue weighted by Gasteiger charge is -2.32. The summed E-state index contributed by atoms with van der Waals surface area (Å²) in [6.07, 6.45) is 4.03. The quantitative estimate of drug-likeness (QED) is 0.444. The van der Waals surface area contributed by atoms with Crippen LogP contribution in [0.2, 0.25) is 0 Å². The molecule has 2 N–H and O–H groups in total. The summed E-state index contributed by atoms with van der Waals surface area (Å²) < 4.78 is 13.9. The normalized spacial score (nSPS) is 18.5. The van der Waals surface area contributed by atoms with E-state index in [4.69, 9.17) is 0 Å². The number of unbranched alkanes of at least 4 members (excludes halogenated alkanes) is 1. The number of thioether (sulfide) groups is 1. The summed E-state index contributed by atoms with van der Waals surface area (Å²) in [4.78, 5) is 33.2. The Bertz CT molecular complexity index is 1010. The number of hydrogen-bond acceptors (Lipinski definition) is 5. The second-order valence-electron chi connectivity index (χ2n) is 7.12. The molecule has 146 valence electrons. The maximum atomic E-state index is 13.9. The summed E-state index contributed by atoms with van der Waals surface area (Å²) in [5.41, 5.74) is 2.09. The number of fused-ring (bicyclic) bond motifs is 1. The Kier molecular flexibility index (Phi) is 5.35. The Balaban J connectivity index is 1.85. The molecule has 1 unspecified atom stereocenters. The van der Waals surface area contributed by atoms with Gasteiger partial charge in [0.1, 0.15) is 11.6 Å². The van der Waals surface area contributed by atoms with Crippen LogP contribution in [0, 0.1) is 5.82 Å². The molecule has 1 aliphatic heterocycles. The number of halogens is 1. The minimum Gasteiger partial charge on any atom is -0.343 e. The average molecular weight is 399 g/mol. The standard InChI is InChI=1S/C21H22FN3O2S/c1-2-3-10-28-21-24-19-18(20(27)25-21)16(12-6-4-7-13(22)11-12)17-14(23-19)8-5-9-15(17)26/h4,6-7,11,16H,2-3,5,8-10H2,1H3,(H2,23,24,25,27). The fourth-order valence-corrected chi connectivity index (χ4v) is 4.79. The smallest absolute Gasteiger partial charge is 0.257 e. The molecule has 1 aromatic carbocycles. The number of carbonyl (C=O) groups excluding carboxylic acids is 1. The van der Waals surface area contributed by atoms with Crippen molar-refractivity contribution in [3.05, 3.63) is 62.8 Å². The molecule has 1 atom stereocenters. The number of hydrogen-bond donors (Lipinski definition) is 2. The van der Waals surface area contributed by atoms with Gasteiger partial charge in [-0.1, -0.05) is 37.2 Å². The molecule has 2 aromatic rings. The Hall–Kier alpha value is -2.41. The molecule has 2 aliphatic rings. The zero-order chi connectivity index (χ0) is 19.7. The van der Waals surface area contributed by atoms with Crippen molar-refractivity contribution in [2.45, 2.75) is 50.1 Å². The first-order valence-electron chi connectivity index (χ1n) is 9.64. The predicted octanol–water partition coefficient (Wildman–Crippen LogP) is 4.37. The Morgan fingerprint density at radius 2 is 2.14 bits per heavy atom. The van der Waals surface area contributed by atoms with Gasteiger partial charge in [0, 0.05) is 29.4 Å². The highest BCUT2D eigenvalue weighted by Crippen LogP contribution is 2.43. The average Bonchev–Trinajstić information content (AvgIpc) is 2.67. The van der Waals surface area contributed by atoms with Gasteiger partial charge in [0.2, 0.25) is 0 Å². The van der Waals surface area contributed by atoms with Gasteiger partial charge in [-0.3, -0.25) is 9.59 Å². The lowest BCUT2D eigenvalue weighted by molar-refractivity contribution is -0.116. The summed E-state index contributed by atoms with van der Waals surface area (Å²) in [6, 6.07) is 6.13. The number of aromatic nitrogens is 2. The summed E-state index contributed by atoms with van der Waals surface area (Å²) in [5, 5.41) is 3.80. The third-order valence-electron chi connectivity index (χ3n) is 5.16.